The Hall–Kier alpha value is -2.22. The van der Waals surface area contributed by atoms with E-state index >= 15 is 0 Å². The van der Waals surface area contributed by atoms with Crippen LogP contribution in [0.15, 0.2) is 46.4 Å². The average molecular weight is 657 g/mol. The molecule has 0 unspecified atom stereocenters. The van der Waals surface area contributed by atoms with Crippen LogP contribution in [0, 0.1) is 0 Å². The van der Waals surface area contributed by atoms with Crippen molar-refractivity contribution in [2.75, 3.05) is 0 Å². The average Bonchev–Trinajstić information content (AvgIpc) is 3.09. The lowest BCUT2D eigenvalue weighted by molar-refractivity contribution is 0.568. The number of benzene rings is 2. The van der Waals surface area contributed by atoms with Crippen LogP contribution in [-0.2, 0) is 25.7 Å². The first kappa shape index (κ1) is 41.9. The van der Waals surface area contributed by atoms with Gasteiger partial charge >= 0.3 is 0 Å². The van der Waals surface area contributed by atoms with Crippen LogP contribution in [-0.4, -0.2) is 11.4 Å². The molecule has 2 heteroatoms. The van der Waals surface area contributed by atoms with Crippen molar-refractivity contribution >= 4 is 22.8 Å². The van der Waals surface area contributed by atoms with Crippen LogP contribution in [0.3, 0.4) is 0 Å². The minimum atomic E-state index is 1.02. The number of unbranched alkanes of at least 4 members (excludes halogenated alkanes) is 14. The van der Waals surface area contributed by atoms with E-state index in [1.165, 1.54) is 162 Å². The Morgan fingerprint density at radius 1 is 0.333 bits per heavy atom. The Kier molecular flexibility index (Phi) is 24.1. The van der Waals surface area contributed by atoms with E-state index in [2.05, 4.69) is 77.9 Å². The zero-order chi connectivity index (χ0) is 34.7. The lowest BCUT2D eigenvalue weighted by Gasteiger charge is -2.14. The Morgan fingerprint density at radius 2 is 0.604 bits per heavy atom. The molecule has 2 rings (SSSR count). The fourth-order valence-electron chi connectivity index (χ4n) is 6.70. The standard InChI is InChI=1S/C46H76N2/c1-7-13-19-20-21-22-23-24-26-32-46(48-44-37-41(29-17-11-5)34-42(38-44)30-18-12-6)45(31-25-14-8-2)47-43-35-39(27-15-9-3)33-40(36-43)28-16-10-4/h33-38H,7-32H2,1-6H3. The predicted octanol–water partition coefficient (Wildman–Crippen LogP) is 15.4. The van der Waals surface area contributed by atoms with E-state index in [4.69, 9.17) is 9.98 Å². The van der Waals surface area contributed by atoms with Gasteiger partial charge in [-0.1, -0.05) is 144 Å². The fraction of sp³-hybridized carbons (Fsp3) is 0.696. The highest BCUT2D eigenvalue weighted by Gasteiger charge is 2.13. The lowest BCUT2D eigenvalue weighted by atomic mass is 9.98. The highest BCUT2D eigenvalue weighted by Crippen LogP contribution is 2.26. The van der Waals surface area contributed by atoms with Gasteiger partial charge < -0.3 is 0 Å². The molecule has 0 aliphatic heterocycles. The molecule has 2 nitrogen and oxygen atoms in total. The molecule has 0 saturated carbocycles. The summed E-state index contributed by atoms with van der Waals surface area (Å²) in [7, 11) is 0. The SMILES string of the molecule is CCCCCCCCCCCC(=Nc1cc(CCCC)cc(CCCC)c1)C(CCCCC)=Nc1cc(CCCC)cc(CCCC)c1. The monoisotopic (exact) mass is 657 g/mol. The number of aliphatic imine (C=N–C) groups is 2. The molecule has 0 aromatic heterocycles. The van der Waals surface area contributed by atoms with E-state index in [1.54, 1.807) is 0 Å². The van der Waals surface area contributed by atoms with Gasteiger partial charge in [0.1, 0.15) is 0 Å². The number of nitrogens with zero attached hydrogens (tertiary/aromatic N) is 2. The number of hydrogen-bond donors (Lipinski definition) is 0. The quantitative estimate of drug-likeness (QED) is 0.0615. The van der Waals surface area contributed by atoms with Gasteiger partial charge in [0.2, 0.25) is 0 Å². The molecule has 2 aromatic rings. The molecule has 0 aliphatic rings. The lowest BCUT2D eigenvalue weighted by Crippen LogP contribution is -2.14. The van der Waals surface area contributed by atoms with E-state index in [9.17, 15) is 0 Å². The molecular formula is C46H76N2. The van der Waals surface area contributed by atoms with Crippen LogP contribution in [0.2, 0.25) is 0 Å². The molecule has 48 heavy (non-hydrogen) atoms. The second kappa shape index (κ2) is 27.6. The van der Waals surface area contributed by atoms with Crippen molar-refractivity contribution < 1.29 is 0 Å². The molecule has 2 aromatic carbocycles. The van der Waals surface area contributed by atoms with Gasteiger partial charge in [-0.3, -0.25) is 9.98 Å². The summed E-state index contributed by atoms with van der Waals surface area (Å²) in [6.07, 6.45) is 32.3. The van der Waals surface area contributed by atoms with Gasteiger partial charge in [-0.15, -0.1) is 0 Å². The Morgan fingerprint density at radius 3 is 0.938 bits per heavy atom. The first-order valence-corrected chi connectivity index (χ1v) is 21.0. The molecule has 0 saturated heterocycles. The van der Waals surface area contributed by atoms with Gasteiger partial charge in [-0.2, -0.15) is 0 Å². The van der Waals surface area contributed by atoms with Crippen molar-refractivity contribution in [2.24, 2.45) is 9.98 Å². The maximum atomic E-state index is 5.57. The second-order valence-electron chi connectivity index (χ2n) is 14.6. The van der Waals surface area contributed by atoms with E-state index in [-0.39, 0.29) is 0 Å². The molecule has 0 N–H and O–H groups in total. The van der Waals surface area contributed by atoms with Gasteiger partial charge in [0, 0.05) is 0 Å². The number of hydrogen-bond acceptors (Lipinski definition) is 2. The summed E-state index contributed by atoms with van der Waals surface area (Å²) in [5.74, 6) is 0. The van der Waals surface area contributed by atoms with Crippen LogP contribution >= 0.6 is 0 Å². The first-order chi connectivity index (χ1) is 23.6. The minimum absolute atomic E-state index is 1.02. The molecule has 0 radical (unpaired) electrons. The molecule has 0 fully saturated rings. The van der Waals surface area contributed by atoms with Crippen molar-refractivity contribution in [1.82, 2.24) is 0 Å². The van der Waals surface area contributed by atoms with Crippen LogP contribution in [0.4, 0.5) is 11.4 Å². The van der Waals surface area contributed by atoms with E-state index < -0.39 is 0 Å². The molecule has 0 amide bonds. The zero-order valence-electron chi connectivity index (χ0n) is 32.7. The van der Waals surface area contributed by atoms with Gasteiger partial charge in [0.05, 0.1) is 22.8 Å². The minimum Gasteiger partial charge on any atom is -0.252 e. The van der Waals surface area contributed by atoms with Crippen molar-refractivity contribution in [3.63, 3.8) is 0 Å². The molecule has 270 valence electrons. The van der Waals surface area contributed by atoms with Gasteiger partial charge in [0.25, 0.3) is 0 Å². The van der Waals surface area contributed by atoms with E-state index in [1.807, 2.05) is 0 Å². The topological polar surface area (TPSA) is 24.7 Å². The maximum Gasteiger partial charge on any atom is 0.0639 e. The summed E-state index contributed by atoms with van der Waals surface area (Å²) in [4.78, 5) is 11.1. The van der Waals surface area contributed by atoms with Crippen molar-refractivity contribution in [3.8, 4) is 0 Å². The summed E-state index contributed by atoms with van der Waals surface area (Å²) < 4.78 is 0. The fourth-order valence-corrected chi connectivity index (χ4v) is 6.70. The summed E-state index contributed by atoms with van der Waals surface area (Å²) in [6.45, 7) is 13.8. The Balaban J connectivity index is 2.52. The van der Waals surface area contributed by atoms with Crippen molar-refractivity contribution in [1.29, 1.82) is 0 Å². The largest absolute Gasteiger partial charge is 0.252 e. The summed E-state index contributed by atoms with van der Waals surface area (Å²) in [5, 5.41) is 0. The zero-order valence-corrected chi connectivity index (χ0v) is 32.7. The van der Waals surface area contributed by atoms with E-state index in [0.717, 1.165) is 49.9 Å². The molecule has 0 aliphatic carbocycles. The van der Waals surface area contributed by atoms with Crippen molar-refractivity contribution in [2.45, 2.75) is 208 Å². The summed E-state index contributed by atoms with van der Waals surface area (Å²) in [6, 6.07) is 14.5. The highest BCUT2D eigenvalue weighted by molar-refractivity contribution is 6.43. The molecule has 0 atom stereocenters. The molecule has 0 spiro atoms. The van der Waals surface area contributed by atoms with Crippen molar-refractivity contribution in [3.05, 3.63) is 58.7 Å². The maximum absolute atomic E-state index is 5.57. The molecule has 0 heterocycles. The van der Waals surface area contributed by atoms with Gasteiger partial charge in [0.15, 0.2) is 0 Å². The Bertz CT molecular complexity index is 1100. The third-order valence-electron chi connectivity index (χ3n) is 9.75. The smallest absolute Gasteiger partial charge is 0.0639 e. The van der Waals surface area contributed by atoms with Gasteiger partial charge in [-0.25, -0.2) is 0 Å². The highest BCUT2D eigenvalue weighted by atomic mass is 14.8. The van der Waals surface area contributed by atoms with Crippen LogP contribution < -0.4 is 0 Å². The second-order valence-corrected chi connectivity index (χ2v) is 14.6. The predicted molar refractivity (Wildman–Crippen MR) is 218 cm³/mol. The third-order valence-corrected chi connectivity index (χ3v) is 9.75. The summed E-state index contributed by atoms with van der Waals surface area (Å²) in [5.41, 5.74) is 10.6. The first-order valence-electron chi connectivity index (χ1n) is 21.0. The number of aryl methyl sites for hydroxylation is 4. The van der Waals surface area contributed by atoms with Crippen LogP contribution in [0.5, 0.6) is 0 Å². The molecule has 0 bridgehead atoms. The Labute approximate surface area is 299 Å². The number of rotatable bonds is 29. The normalized spacial score (nSPS) is 12.3. The summed E-state index contributed by atoms with van der Waals surface area (Å²) >= 11 is 0. The molecular weight excluding hydrogens is 581 g/mol. The van der Waals surface area contributed by atoms with Crippen LogP contribution in [0.25, 0.3) is 0 Å². The third kappa shape index (κ3) is 18.5. The van der Waals surface area contributed by atoms with E-state index in [0.29, 0.717) is 0 Å². The van der Waals surface area contributed by atoms with Gasteiger partial charge in [-0.05, 0) is 124 Å². The van der Waals surface area contributed by atoms with Crippen LogP contribution in [0.1, 0.15) is 205 Å².